The monoisotopic (exact) mass is 312 g/mol. The predicted octanol–water partition coefficient (Wildman–Crippen LogP) is 2.06. The number of methoxy groups -OCH3 is 1. The molecule has 23 heavy (non-hydrogen) atoms. The topological polar surface area (TPSA) is 76.1 Å². The molecule has 1 aromatic carbocycles. The van der Waals surface area contributed by atoms with Gasteiger partial charge in [-0.2, -0.15) is 0 Å². The summed E-state index contributed by atoms with van der Waals surface area (Å²) in [5, 5.41) is 13.7. The maximum Gasteiger partial charge on any atom is 0.271 e. The summed E-state index contributed by atoms with van der Waals surface area (Å²) in [4.78, 5) is 12.0. The normalized spacial score (nSPS) is 9.96. The number of nitrogens with zero attached hydrogens (tertiary/aromatic N) is 2. The van der Waals surface area contributed by atoms with Crippen LogP contribution in [0, 0.1) is 0 Å². The summed E-state index contributed by atoms with van der Waals surface area (Å²) in [5.41, 5.74) is 1.39. The van der Waals surface area contributed by atoms with E-state index in [2.05, 4.69) is 27.4 Å². The summed E-state index contributed by atoms with van der Waals surface area (Å²) in [6.07, 6.45) is 2.44. The van der Waals surface area contributed by atoms with E-state index < -0.39 is 0 Å². The van der Waals surface area contributed by atoms with Gasteiger partial charge in [-0.05, 0) is 36.2 Å². The fourth-order valence-corrected chi connectivity index (χ4v) is 1.96. The zero-order valence-electron chi connectivity index (χ0n) is 13.1. The van der Waals surface area contributed by atoms with Crippen molar-refractivity contribution < 1.29 is 9.53 Å². The highest BCUT2D eigenvalue weighted by molar-refractivity contribution is 5.92. The molecule has 0 saturated heterocycles. The molecule has 0 bridgehead atoms. The highest BCUT2D eigenvalue weighted by Crippen LogP contribution is 2.12. The summed E-state index contributed by atoms with van der Waals surface area (Å²) in [6.45, 7) is 4.72. The molecular weight excluding hydrogens is 292 g/mol. The molecule has 1 heterocycles. The molecule has 0 aliphatic rings. The van der Waals surface area contributed by atoms with Gasteiger partial charge in [0.2, 0.25) is 0 Å². The fraction of sp³-hybridized carbons (Fsp3) is 0.235. The molecule has 120 valence electrons. The van der Waals surface area contributed by atoms with E-state index >= 15 is 0 Å². The van der Waals surface area contributed by atoms with E-state index in [-0.39, 0.29) is 5.91 Å². The second-order valence-corrected chi connectivity index (χ2v) is 4.83. The average Bonchev–Trinajstić information content (AvgIpc) is 2.60. The molecule has 0 radical (unpaired) electrons. The van der Waals surface area contributed by atoms with Crippen LogP contribution in [0.15, 0.2) is 49.1 Å². The number of anilines is 1. The second-order valence-electron chi connectivity index (χ2n) is 4.83. The Kier molecular flexibility index (Phi) is 6.11. The molecule has 0 aliphatic heterocycles. The minimum Gasteiger partial charge on any atom is -0.497 e. The molecule has 1 aromatic heterocycles. The molecule has 2 N–H and O–H groups in total. The number of nitrogens with one attached hydrogen (secondary N) is 2. The molecule has 0 atom stereocenters. The van der Waals surface area contributed by atoms with Crippen molar-refractivity contribution in [2.45, 2.75) is 6.42 Å². The van der Waals surface area contributed by atoms with Crippen molar-refractivity contribution in [1.29, 1.82) is 0 Å². The van der Waals surface area contributed by atoms with Crippen LogP contribution in [0.1, 0.15) is 16.1 Å². The molecule has 0 fully saturated rings. The molecule has 6 heteroatoms. The van der Waals surface area contributed by atoms with Gasteiger partial charge in [0.1, 0.15) is 11.6 Å². The van der Waals surface area contributed by atoms with Crippen molar-refractivity contribution in [3.63, 3.8) is 0 Å². The van der Waals surface area contributed by atoms with Gasteiger partial charge in [0.25, 0.3) is 5.91 Å². The number of carbonyl (C=O) groups is 1. The van der Waals surface area contributed by atoms with Crippen molar-refractivity contribution in [2.75, 3.05) is 25.5 Å². The Labute approximate surface area is 135 Å². The largest absolute Gasteiger partial charge is 0.497 e. The van der Waals surface area contributed by atoms with Crippen LogP contribution in [0.2, 0.25) is 0 Å². The van der Waals surface area contributed by atoms with E-state index in [1.165, 1.54) is 0 Å². The van der Waals surface area contributed by atoms with Crippen LogP contribution in [-0.2, 0) is 6.42 Å². The molecule has 6 nitrogen and oxygen atoms in total. The number of ether oxygens (including phenoxy) is 1. The smallest absolute Gasteiger partial charge is 0.271 e. The Bertz CT molecular complexity index is 656. The molecule has 2 aromatic rings. The molecule has 0 spiro atoms. The van der Waals surface area contributed by atoms with E-state index in [0.29, 0.717) is 24.6 Å². The zero-order chi connectivity index (χ0) is 16.5. The van der Waals surface area contributed by atoms with Crippen LogP contribution in [-0.4, -0.2) is 36.3 Å². The van der Waals surface area contributed by atoms with Crippen molar-refractivity contribution in [2.24, 2.45) is 0 Å². The van der Waals surface area contributed by atoms with Gasteiger partial charge in [-0.1, -0.05) is 18.2 Å². The van der Waals surface area contributed by atoms with Gasteiger partial charge in [-0.15, -0.1) is 16.8 Å². The molecule has 0 saturated carbocycles. The lowest BCUT2D eigenvalue weighted by molar-refractivity contribution is 0.0948. The van der Waals surface area contributed by atoms with E-state index in [4.69, 9.17) is 4.74 Å². The number of hydrogen-bond donors (Lipinski definition) is 2. The first-order chi connectivity index (χ1) is 11.2. The van der Waals surface area contributed by atoms with Crippen LogP contribution >= 0.6 is 0 Å². The lowest BCUT2D eigenvalue weighted by atomic mass is 10.1. The number of hydrogen-bond acceptors (Lipinski definition) is 5. The zero-order valence-corrected chi connectivity index (χ0v) is 13.1. The standard InChI is InChI=1S/C17H20N4O2/c1-3-10-18-16-8-7-15(20-21-16)17(22)19-11-9-13-5-4-6-14(12-13)23-2/h3-8,12H,1,9-11H2,2H3,(H,18,21)(H,19,22). The van der Waals surface area contributed by atoms with E-state index in [0.717, 1.165) is 17.7 Å². The summed E-state index contributed by atoms with van der Waals surface area (Å²) in [6, 6.07) is 11.1. The van der Waals surface area contributed by atoms with E-state index in [1.807, 2.05) is 24.3 Å². The maximum absolute atomic E-state index is 12.0. The summed E-state index contributed by atoms with van der Waals surface area (Å²) in [5.74, 6) is 1.18. The van der Waals surface area contributed by atoms with Crippen LogP contribution in [0.4, 0.5) is 5.82 Å². The van der Waals surface area contributed by atoms with Gasteiger partial charge in [0.15, 0.2) is 5.69 Å². The molecule has 1 amide bonds. The lowest BCUT2D eigenvalue weighted by Gasteiger charge is -2.07. The van der Waals surface area contributed by atoms with E-state index in [9.17, 15) is 4.79 Å². The first-order valence-corrected chi connectivity index (χ1v) is 7.32. The van der Waals surface area contributed by atoms with Crippen LogP contribution in [0.25, 0.3) is 0 Å². The van der Waals surface area contributed by atoms with Crippen molar-refractivity contribution >= 4 is 11.7 Å². The summed E-state index contributed by atoms with van der Waals surface area (Å²) < 4.78 is 5.17. The SMILES string of the molecule is C=CCNc1ccc(C(=O)NCCc2cccc(OC)c2)nn1. The number of rotatable bonds is 8. The Morgan fingerprint density at radius 1 is 1.30 bits per heavy atom. The number of benzene rings is 1. The Morgan fingerprint density at radius 2 is 2.17 bits per heavy atom. The third-order valence-electron chi connectivity index (χ3n) is 3.16. The van der Waals surface area contributed by atoms with Crippen molar-refractivity contribution in [3.05, 3.63) is 60.3 Å². The quantitative estimate of drug-likeness (QED) is 0.730. The van der Waals surface area contributed by atoms with Gasteiger partial charge < -0.3 is 15.4 Å². The first kappa shape index (κ1) is 16.5. The van der Waals surface area contributed by atoms with Crippen LogP contribution < -0.4 is 15.4 Å². The minimum absolute atomic E-state index is 0.240. The Balaban J connectivity index is 1.83. The molecule has 2 rings (SSSR count). The molecular formula is C17H20N4O2. The maximum atomic E-state index is 12.0. The third kappa shape index (κ3) is 5.10. The number of amides is 1. The number of aromatic nitrogens is 2. The van der Waals surface area contributed by atoms with Crippen LogP contribution in [0.3, 0.4) is 0 Å². The lowest BCUT2D eigenvalue weighted by Crippen LogP contribution is -2.26. The highest BCUT2D eigenvalue weighted by atomic mass is 16.5. The Hall–Kier alpha value is -2.89. The minimum atomic E-state index is -0.240. The highest BCUT2D eigenvalue weighted by Gasteiger charge is 2.07. The molecule has 0 aliphatic carbocycles. The van der Waals surface area contributed by atoms with Gasteiger partial charge in [-0.3, -0.25) is 4.79 Å². The van der Waals surface area contributed by atoms with Gasteiger partial charge in [0, 0.05) is 13.1 Å². The summed E-state index contributed by atoms with van der Waals surface area (Å²) in [7, 11) is 1.63. The van der Waals surface area contributed by atoms with Crippen LogP contribution in [0.5, 0.6) is 5.75 Å². The Morgan fingerprint density at radius 3 is 2.87 bits per heavy atom. The van der Waals surface area contributed by atoms with Gasteiger partial charge in [0.05, 0.1) is 7.11 Å². The predicted molar refractivity (Wildman–Crippen MR) is 89.7 cm³/mol. The average molecular weight is 312 g/mol. The first-order valence-electron chi connectivity index (χ1n) is 7.32. The third-order valence-corrected chi connectivity index (χ3v) is 3.16. The van der Waals surface area contributed by atoms with Crippen molar-refractivity contribution in [3.8, 4) is 5.75 Å². The van der Waals surface area contributed by atoms with Crippen molar-refractivity contribution in [1.82, 2.24) is 15.5 Å². The van der Waals surface area contributed by atoms with Gasteiger partial charge >= 0.3 is 0 Å². The van der Waals surface area contributed by atoms with E-state index in [1.54, 1.807) is 25.3 Å². The fourth-order valence-electron chi connectivity index (χ4n) is 1.96. The summed E-state index contributed by atoms with van der Waals surface area (Å²) >= 11 is 0. The second kappa shape index (κ2) is 8.53. The van der Waals surface area contributed by atoms with Gasteiger partial charge in [-0.25, -0.2) is 0 Å². The number of carbonyl (C=O) groups excluding carboxylic acids is 1. The molecule has 0 unspecified atom stereocenters.